The number of unbranched alkanes of at least 4 members (excludes halogenated alkanes) is 2. The van der Waals surface area contributed by atoms with Crippen molar-refractivity contribution in [3.63, 3.8) is 0 Å². The molecule has 4 aromatic carbocycles. The quantitative estimate of drug-likeness (QED) is 0.145. The number of carbonyl (C=O) groups is 1. The van der Waals surface area contributed by atoms with Crippen LogP contribution in [-0.2, 0) is 35.4 Å². The maximum atomic E-state index is 13.5. The van der Waals surface area contributed by atoms with Crippen LogP contribution in [0.4, 0.5) is 0 Å². The van der Waals surface area contributed by atoms with Gasteiger partial charge >= 0.3 is 0 Å². The summed E-state index contributed by atoms with van der Waals surface area (Å²) < 4.78 is 18.1. The third kappa shape index (κ3) is 8.72. The molecule has 0 spiro atoms. The Bertz CT molecular complexity index is 1740. The molecule has 1 saturated carbocycles. The lowest BCUT2D eigenvalue weighted by atomic mass is 9.75. The maximum Gasteiger partial charge on any atom is 0.161 e. The molecule has 6 bridgehead atoms. The Kier molecular flexibility index (Phi) is 11.2. The van der Waals surface area contributed by atoms with Crippen LogP contribution in [0.5, 0.6) is 17.2 Å². The lowest BCUT2D eigenvalue weighted by molar-refractivity contribution is -0.121. The average Bonchev–Trinajstić information content (AvgIpc) is 3.57. The molecule has 2 heterocycles. The fourth-order valence-corrected chi connectivity index (χ4v) is 7.72. The summed E-state index contributed by atoms with van der Waals surface area (Å²) in [5.74, 6) is 4.91. The SMILES string of the molecule is COc1ccc2cc1OCc1ccc3c(c(O)ccc3c1)CC#COC(CC1(CCCCCc3ccccc3)CCCC1)CC(=O)CC2. The number of aromatic hydroxyl groups is 1. The van der Waals surface area contributed by atoms with E-state index in [0.717, 1.165) is 40.3 Å². The Labute approximate surface area is 285 Å². The van der Waals surface area contributed by atoms with Gasteiger partial charge in [0, 0.05) is 24.8 Å². The summed E-state index contributed by atoms with van der Waals surface area (Å²) in [6.45, 7) is 0.370. The minimum Gasteiger partial charge on any atom is -0.508 e. The second kappa shape index (κ2) is 16.1. The molecular formula is C43H48O5. The first-order chi connectivity index (χ1) is 23.5. The Morgan fingerprint density at radius 3 is 2.58 bits per heavy atom. The topological polar surface area (TPSA) is 65.0 Å². The summed E-state index contributed by atoms with van der Waals surface area (Å²) in [6, 6.07) is 26.5. The highest BCUT2D eigenvalue weighted by Crippen LogP contribution is 2.47. The third-order valence-corrected chi connectivity index (χ3v) is 10.3. The smallest absolute Gasteiger partial charge is 0.161 e. The molecule has 48 heavy (non-hydrogen) atoms. The van der Waals surface area contributed by atoms with E-state index in [9.17, 15) is 9.90 Å². The number of aryl methyl sites for hydroxylation is 2. The number of rotatable bonds is 9. The predicted molar refractivity (Wildman–Crippen MR) is 191 cm³/mol. The summed E-state index contributed by atoms with van der Waals surface area (Å²) in [5, 5.41) is 12.7. The molecule has 2 aliphatic heterocycles. The second-order valence-electron chi connectivity index (χ2n) is 13.8. The largest absolute Gasteiger partial charge is 0.508 e. The van der Waals surface area contributed by atoms with Gasteiger partial charge in [0.2, 0.25) is 0 Å². The van der Waals surface area contributed by atoms with Crippen LogP contribution >= 0.6 is 0 Å². The molecule has 1 fully saturated rings. The number of methoxy groups -OCH3 is 1. The van der Waals surface area contributed by atoms with Crippen molar-refractivity contribution in [1.29, 1.82) is 0 Å². The molecule has 5 nitrogen and oxygen atoms in total. The highest BCUT2D eigenvalue weighted by atomic mass is 16.5. The van der Waals surface area contributed by atoms with Gasteiger partial charge < -0.3 is 19.3 Å². The molecule has 0 saturated heterocycles. The minimum absolute atomic E-state index is 0.189. The zero-order valence-electron chi connectivity index (χ0n) is 28.3. The van der Waals surface area contributed by atoms with Gasteiger partial charge in [-0.25, -0.2) is 0 Å². The van der Waals surface area contributed by atoms with Gasteiger partial charge in [0.05, 0.1) is 7.11 Å². The predicted octanol–water partition coefficient (Wildman–Crippen LogP) is 9.68. The molecule has 4 aromatic rings. The number of fused-ring (bicyclic) bond motifs is 9. The van der Waals surface area contributed by atoms with E-state index in [4.69, 9.17) is 14.2 Å². The summed E-state index contributed by atoms with van der Waals surface area (Å²) in [7, 11) is 1.64. The zero-order chi connectivity index (χ0) is 33.2. The van der Waals surface area contributed by atoms with Crippen LogP contribution in [0.1, 0.15) is 92.9 Å². The summed E-state index contributed by atoms with van der Waals surface area (Å²) in [6.07, 6.45) is 16.1. The molecule has 1 aliphatic carbocycles. The lowest BCUT2D eigenvalue weighted by Gasteiger charge is -2.32. The van der Waals surface area contributed by atoms with Crippen molar-refractivity contribution >= 4 is 16.6 Å². The number of ether oxygens (including phenoxy) is 3. The number of Topliss-reactive ketones (excluding diaryl/α,β-unsaturated/α-hetero) is 1. The van der Waals surface area contributed by atoms with Gasteiger partial charge in [0.25, 0.3) is 0 Å². The van der Waals surface area contributed by atoms with E-state index < -0.39 is 0 Å². The van der Waals surface area contributed by atoms with Gasteiger partial charge in [-0.2, -0.15) is 0 Å². The van der Waals surface area contributed by atoms with E-state index in [2.05, 4.69) is 48.4 Å². The maximum absolute atomic E-state index is 13.5. The van der Waals surface area contributed by atoms with Crippen LogP contribution in [0, 0.1) is 17.4 Å². The van der Waals surface area contributed by atoms with Crippen LogP contribution < -0.4 is 9.47 Å². The van der Waals surface area contributed by atoms with Gasteiger partial charge in [0.15, 0.2) is 11.5 Å². The van der Waals surface area contributed by atoms with Gasteiger partial charge in [-0.3, -0.25) is 4.79 Å². The second-order valence-corrected chi connectivity index (χ2v) is 13.8. The number of hydrogen-bond acceptors (Lipinski definition) is 5. The molecule has 3 aliphatic rings. The first kappa shape index (κ1) is 33.5. The molecule has 5 heteroatoms. The molecule has 0 amide bonds. The van der Waals surface area contributed by atoms with E-state index in [1.54, 1.807) is 13.2 Å². The van der Waals surface area contributed by atoms with Crippen LogP contribution in [-0.4, -0.2) is 24.1 Å². The van der Waals surface area contributed by atoms with Gasteiger partial charge in [-0.1, -0.05) is 86.2 Å². The van der Waals surface area contributed by atoms with Crippen LogP contribution in [0.15, 0.2) is 78.9 Å². The summed E-state index contributed by atoms with van der Waals surface area (Å²) in [4.78, 5) is 13.5. The molecule has 7 rings (SSSR count). The molecule has 1 atom stereocenters. The molecular weight excluding hydrogens is 596 g/mol. The Morgan fingerprint density at radius 1 is 0.917 bits per heavy atom. The van der Waals surface area contributed by atoms with Gasteiger partial charge in [0.1, 0.15) is 30.4 Å². The van der Waals surface area contributed by atoms with Gasteiger partial charge in [-0.15, -0.1) is 0 Å². The number of carbonyl (C=O) groups excluding carboxylic acids is 1. The number of phenolic OH excluding ortho intramolecular Hbond substituents is 1. The third-order valence-electron chi connectivity index (χ3n) is 10.3. The standard InChI is InChI=1S/C43H48O5/c1-46-41-22-17-33-15-19-36(44)29-37(30-43(24-8-9-25-43)23-7-3-6-13-32-11-4-2-5-12-32)47-26-10-14-39-38-20-16-34(31-48-42(41)28-33)27-35(38)18-21-40(39)45/h2,4-5,11-12,16-18,20-22,27-28,37,45H,3,6-9,13-15,19,23-25,29-31H2,1H3. The van der Waals surface area contributed by atoms with E-state index in [-0.39, 0.29) is 23.1 Å². The van der Waals surface area contributed by atoms with Gasteiger partial charge in [-0.05, 0) is 102 Å². The van der Waals surface area contributed by atoms with Crippen molar-refractivity contribution in [2.75, 3.05) is 7.11 Å². The van der Waals surface area contributed by atoms with Crippen LogP contribution in [0.25, 0.3) is 10.8 Å². The van der Waals surface area contributed by atoms with E-state index >= 15 is 0 Å². The number of phenols is 1. The Hall–Kier alpha value is -4.43. The summed E-state index contributed by atoms with van der Waals surface area (Å²) in [5.41, 5.74) is 4.43. The van der Waals surface area contributed by atoms with E-state index in [1.807, 2.05) is 36.4 Å². The van der Waals surface area contributed by atoms with Crippen molar-refractivity contribution in [1.82, 2.24) is 0 Å². The van der Waals surface area contributed by atoms with Crippen molar-refractivity contribution in [3.8, 4) is 29.3 Å². The first-order valence-corrected chi connectivity index (χ1v) is 17.7. The van der Waals surface area contributed by atoms with Crippen molar-refractivity contribution in [2.45, 2.75) is 103 Å². The van der Waals surface area contributed by atoms with E-state index in [0.29, 0.717) is 43.8 Å². The fourth-order valence-electron chi connectivity index (χ4n) is 7.72. The highest BCUT2D eigenvalue weighted by molar-refractivity contribution is 5.88. The molecule has 0 aromatic heterocycles. The van der Waals surface area contributed by atoms with Crippen LogP contribution in [0.2, 0.25) is 0 Å². The number of benzene rings is 4. The highest BCUT2D eigenvalue weighted by Gasteiger charge is 2.36. The zero-order valence-corrected chi connectivity index (χ0v) is 28.3. The fraction of sp³-hybridized carbons (Fsp3) is 0.419. The van der Waals surface area contributed by atoms with E-state index in [1.165, 1.54) is 56.9 Å². The molecule has 250 valence electrons. The van der Waals surface area contributed by atoms with Crippen molar-refractivity contribution < 1.29 is 24.1 Å². The molecule has 1 unspecified atom stereocenters. The molecule has 0 radical (unpaired) electrons. The Morgan fingerprint density at radius 2 is 1.75 bits per heavy atom. The summed E-state index contributed by atoms with van der Waals surface area (Å²) >= 11 is 0. The van der Waals surface area contributed by atoms with Crippen LogP contribution in [0.3, 0.4) is 0 Å². The van der Waals surface area contributed by atoms with Crippen molar-refractivity contribution in [2.24, 2.45) is 5.41 Å². The Balaban J connectivity index is 1.21. The number of hydrogen-bond donors (Lipinski definition) is 1. The first-order valence-electron chi connectivity index (χ1n) is 17.7. The lowest BCUT2D eigenvalue weighted by Crippen LogP contribution is -2.27. The monoisotopic (exact) mass is 644 g/mol. The van der Waals surface area contributed by atoms with Crippen molar-refractivity contribution in [3.05, 3.63) is 101 Å². The average molecular weight is 645 g/mol. The normalized spacial score (nSPS) is 17.9. The molecule has 1 N–H and O–H groups in total. The minimum atomic E-state index is -0.257. The number of ketones is 1.